The zero-order valence-electron chi connectivity index (χ0n) is 17.9. The topological polar surface area (TPSA) is 71.3 Å². The number of nitrogens with zero attached hydrogens (tertiary/aromatic N) is 4. The van der Waals surface area contributed by atoms with Gasteiger partial charge in [-0.15, -0.1) is 10.2 Å². The number of methoxy groups -OCH3 is 1. The summed E-state index contributed by atoms with van der Waals surface area (Å²) in [6.07, 6.45) is 4.32. The summed E-state index contributed by atoms with van der Waals surface area (Å²) in [4.78, 5) is 4.12. The molecule has 0 saturated heterocycles. The van der Waals surface area contributed by atoms with Crippen LogP contribution in [-0.2, 0) is 5.75 Å². The molecule has 3 heterocycles. The summed E-state index contributed by atoms with van der Waals surface area (Å²) in [5.74, 6) is 3.46. The van der Waals surface area contributed by atoms with Gasteiger partial charge in [0, 0.05) is 35.8 Å². The van der Waals surface area contributed by atoms with Gasteiger partial charge in [0.2, 0.25) is 0 Å². The van der Waals surface area contributed by atoms with Crippen molar-refractivity contribution in [2.75, 3.05) is 20.3 Å². The number of fused-ring (bicyclic) bond motifs is 1. The van der Waals surface area contributed by atoms with Crippen LogP contribution in [0.3, 0.4) is 0 Å². The molecule has 0 fully saturated rings. The molecule has 1 aliphatic heterocycles. The minimum atomic E-state index is 0.555. The molecule has 0 unspecified atom stereocenters. The summed E-state index contributed by atoms with van der Waals surface area (Å²) in [6, 6.07) is 15.6. The normalized spacial score (nSPS) is 12.9. The Bertz CT molecular complexity index is 1250. The lowest BCUT2D eigenvalue weighted by atomic mass is 10.2. The van der Waals surface area contributed by atoms with E-state index in [1.165, 1.54) is 0 Å². The number of benzene rings is 2. The Labute approximate surface area is 200 Å². The number of thioether (sulfide) groups is 1. The summed E-state index contributed by atoms with van der Waals surface area (Å²) < 4.78 is 18.9. The fourth-order valence-corrected chi connectivity index (χ4v) is 4.70. The molecule has 2 aromatic heterocycles. The summed E-state index contributed by atoms with van der Waals surface area (Å²) in [7, 11) is 1.65. The fraction of sp³-hybridized carbons (Fsp3) is 0.208. The maximum atomic E-state index is 6.48. The molecule has 0 saturated carbocycles. The molecule has 2 aromatic carbocycles. The van der Waals surface area contributed by atoms with Crippen LogP contribution in [0.25, 0.3) is 17.1 Å². The highest BCUT2D eigenvalue weighted by molar-refractivity contribution is 7.98. The van der Waals surface area contributed by atoms with Crippen LogP contribution >= 0.6 is 23.4 Å². The van der Waals surface area contributed by atoms with Crippen molar-refractivity contribution in [3.05, 3.63) is 71.5 Å². The molecule has 33 heavy (non-hydrogen) atoms. The van der Waals surface area contributed by atoms with Crippen molar-refractivity contribution in [2.24, 2.45) is 0 Å². The van der Waals surface area contributed by atoms with E-state index in [1.807, 2.05) is 53.1 Å². The van der Waals surface area contributed by atoms with Crippen molar-refractivity contribution in [1.82, 2.24) is 19.7 Å². The van der Waals surface area contributed by atoms with E-state index in [-0.39, 0.29) is 0 Å². The zero-order chi connectivity index (χ0) is 22.6. The van der Waals surface area contributed by atoms with Crippen LogP contribution in [0, 0.1) is 0 Å². The van der Waals surface area contributed by atoms with Gasteiger partial charge >= 0.3 is 0 Å². The third kappa shape index (κ3) is 4.62. The summed E-state index contributed by atoms with van der Waals surface area (Å²) in [5, 5.41) is 10.3. The lowest BCUT2D eigenvalue weighted by Crippen LogP contribution is -2.00. The van der Waals surface area contributed by atoms with Gasteiger partial charge < -0.3 is 14.2 Å². The van der Waals surface area contributed by atoms with E-state index in [4.69, 9.17) is 25.8 Å². The predicted octanol–water partition coefficient (Wildman–Crippen LogP) is 5.44. The van der Waals surface area contributed by atoms with Crippen molar-refractivity contribution >= 4 is 23.4 Å². The number of ether oxygens (including phenoxy) is 3. The van der Waals surface area contributed by atoms with Crippen LogP contribution in [0.5, 0.6) is 17.2 Å². The Morgan fingerprint density at radius 3 is 2.61 bits per heavy atom. The fourth-order valence-electron chi connectivity index (χ4n) is 3.53. The average molecular weight is 481 g/mol. The molecule has 168 valence electrons. The number of rotatable bonds is 6. The number of aromatic nitrogens is 4. The van der Waals surface area contributed by atoms with Gasteiger partial charge in [-0.3, -0.25) is 9.55 Å². The predicted molar refractivity (Wildman–Crippen MR) is 128 cm³/mol. The van der Waals surface area contributed by atoms with Crippen molar-refractivity contribution in [3.63, 3.8) is 0 Å². The Kier molecular flexibility index (Phi) is 6.37. The third-order valence-electron chi connectivity index (χ3n) is 5.13. The SMILES string of the molecule is COc1ccc(-n2c(SCc3cc(Cl)c4c(c3)OCCCO4)nnc2-c2ccncc2)cc1. The molecule has 0 aliphatic carbocycles. The molecule has 1 aliphatic rings. The van der Waals surface area contributed by atoms with E-state index in [9.17, 15) is 0 Å². The molecule has 0 bridgehead atoms. The van der Waals surface area contributed by atoms with Gasteiger partial charge in [-0.1, -0.05) is 23.4 Å². The first-order chi connectivity index (χ1) is 16.2. The maximum Gasteiger partial charge on any atom is 0.196 e. The molecule has 0 amide bonds. The van der Waals surface area contributed by atoms with Gasteiger partial charge in [-0.2, -0.15) is 0 Å². The molecule has 0 atom stereocenters. The van der Waals surface area contributed by atoms with Crippen LogP contribution in [0.4, 0.5) is 0 Å². The van der Waals surface area contributed by atoms with E-state index in [0.717, 1.165) is 40.0 Å². The molecular formula is C24H21ClN4O3S. The standard InChI is InChI=1S/C24H21ClN4O3S/c1-30-19-5-3-18(4-6-19)29-23(17-7-9-26-10-8-17)27-28-24(29)33-15-16-13-20(25)22-21(14-16)31-11-2-12-32-22/h3-10,13-14H,2,11-12,15H2,1H3. The Morgan fingerprint density at radius 1 is 1.03 bits per heavy atom. The van der Waals surface area contributed by atoms with Crippen molar-refractivity contribution in [1.29, 1.82) is 0 Å². The number of halogens is 1. The monoisotopic (exact) mass is 480 g/mol. The molecule has 0 spiro atoms. The van der Waals surface area contributed by atoms with Crippen LogP contribution in [0.15, 0.2) is 66.1 Å². The van der Waals surface area contributed by atoms with Crippen LogP contribution in [-0.4, -0.2) is 40.1 Å². The van der Waals surface area contributed by atoms with Crippen molar-refractivity contribution in [3.8, 4) is 34.3 Å². The second-order valence-corrected chi connectivity index (χ2v) is 8.67. The van der Waals surface area contributed by atoms with Crippen LogP contribution < -0.4 is 14.2 Å². The number of hydrogen-bond donors (Lipinski definition) is 0. The molecule has 5 rings (SSSR count). The largest absolute Gasteiger partial charge is 0.497 e. The van der Waals surface area contributed by atoms with Crippen LogP contribution in [0.1, 0.15) is 12.0 Å². The average Bonchev–Trinajstić information content (AvgIpc) is 3.13. The molecule has 4 aromatic rings. The van der Waals surface area contributed by atoms with Gasteiger partial charge in [0.25, 0.3) is 0 Å². The van der Waals surface area contributed by atoms with Crippen LogP contribution in [0.2, 0.25) is 5.02 Å². The summed E-state index contributed by atoms with van der Waals surface area (Å²) in [6.45, 7) is 1.21. The van der Waals surface area contributed by atoms with Gasteiger partial charge in [0.15, 0.2) is 22.5 Å². The quantitative estimate of drug-likeness (QED) is 0.340. The molecular weight excluding hydrogens is 460 g/mol. The number of pyridine rings is 1. The van der Waals surface area contributed by atoms with Gasteiger partial charge in [-0.25, -0.2) is 0 Å². The van der Waals surface area contributed by atoms with E-state index in [1.54, 1.807) is 31.3 Å². The second kappa shape index (κ2) is 9.72. The summed E-state index contributed by atoms with van der Waals surface area (Å²) >= 11 is 8.05. The second-order valence-electron chi connectivity index (χ2n) is 7.32. The molecule has 7 nitrogen and oxygen atoms in total. The minimum Gasteiger partial charge on any atom is -0.497 e. The van der Waals surface area contributed by atoms with E-state index in [2.05, 4.69) is 15.2 Å². The highest BCUT2D eigenvalue weighted by Crippen LogP contribution is 2.39. The van der Waals surface area contributed by atoms with Crippen molar-refractivity contribution in [2.45, 2.75) is 17.3 Å². The first-order valence-corrected chi connectivity index (χ1v) is 11.8. The lowest BCUT2D eigenvalue weighted by molar-refractivity contribution is 0.297. The van der Waals surface area contributed by atoms with E-state index in [0.29, 0.717) is 35.5 Å². The maximum absolute atomic E-state index is 6.48. The minimum absolute atomic E-state index is 0.555. The molecule has 9 heteroatoms. The Balaban J connectivity index is 1.48. The Hall–Kier alpha value is -3.23. The Morgan fingerprint density at radius 2 is 1.82 bits per heavy atom. The first-order valence-electron chi connectivity index (χ1n) is 10.4. The van der Waals surface area contributed by atoms with E-state index >= 15 is 0 Å². The molecule has 0 N–H and O–H groups in total. The van der Waals surface area contributed by atoms with Gasteiger partial charge in [-0.05, 0) is 54.1 Å². The smallest absolute Gasteiger partial charge is 0.196 e. The lowest BCUT2D eigenvalue weighted by Gasteiger charge is -2.13. The number of hydrogen-bond acceptors (Lipinski definition) is 7. The van der Waals surface area contributed by atoms with Crippen molar-refractivity contribution < 1.29 is 14.2 Å². The molecule has 0 radical (unpaired) electrons. The highest BCUT2D eigenvalue weighted by atomic mass is 35.5. The van der Waals surface area contributed by atoms with Gasteiger partial charge in [0.1, 0.15) is 5.75 Å². The summed E-state index contributed by atoms with van der Waals surface area (Å²) in [5.41, 5.74) is 2.88. The highest BCUT2D eigenvalue weighted by Gasteiger charge is 2.19. The van der Waals surface area contributed by atoms with E-state index < -0.39 is 0 Å². The van der Waals surface area contributed by atoms with Gasteiger partial charge in [0.05, 0.1) is 25.3 Å². The zero-order valence-corrected chi connectivity index (χ0v) is 19.5. The first kappa shape index (κ1) is 21.6. The third-order valence-corrected chi connectivity index (χ3v) is 6.41.